The van der Waals surface area contributed by atoms with E-state index in [1.807, 2.05) is 59.5 Å². The fourth-order valence-electron chi connectivity index (χ4n) is 5.19. The van der Waals surface area contributed by atoms with Crippen LogP contribution in [0.15, 0.2) is 97.1 Å². The number of rotatable bonds is 10. The number of carbonyl (C=O) groups excluding carboxylic acids is 3. The van der Waals surface area contributed by atoms with Crippen LogP contribution in [0.3, 0.4) is 0 Å². The molecule has 5 rings (SSSR count). The van der Waals surface area contributed by atoms with Crippen LogP contribution >= 0.6 is 11.6 Å². The minimum atomic E-state index is -0.258. The maximum Gasteiger partial charge on any atom is 0.317 e. The van der Waals surface area contributed by atoms with Crippen LogP contribution in [0.2, 0.25) is 5.02 Å². The van der Waals surface area contributed by atoms with Gasteiger partial charge in [-0.15, -0.1) is 0 Å². The Morgan fingerprint density at radius 2 is 1.52 bits per heavy atom. The largest absolute Gasteiger partial charge is 0.491 e. The fourth-order valence-corrected chi connectivity index (χ4v) is 5.31. The van der Waals surface area contributed by atoms with Crippen molar-refractivity contribution in [2.45, 2.75) is 6.42 Å². The van der Waals surface area contributed by atoms with Gasteiger partial charge in [0.05, 0.1) is 12.3 Å². The first-order valence-electron chi connectivity index (χ1n) is 15.3. The summed E-state index contributed by atoms with van der Waals surface area (Å²) in [4.78, 5) is 44.6. The molecule has 1 saturated heterocycles. The van der Waals surface area contributed by atoms with Crippen LogP contribution in [0.1, 0.15) is 27.1 Å². The zero-order chi connectivity index (χ0) is 32.5. The van der Waals surface area contributed by atoms with E-state index in [0.29, 0.717) is 52.8 Å². The summed E-state index contributed by atoms with van der Waals surface area (Å²) in [7, 11) is 3.75. The van der Waals surface area contributed by atoms with E-state index in [2.05, 4.69) is 22.6 Å². The third kappa shape index (κ3) is 8.24. The molecule has 9 nitrogen and oxygen atoms in total. The number of para-hydroxylation sites is 2. The van der Waals surface area contributed by atoms with Gasteiger partial charge in [0, 0.05) is 61.6 Å². The van der Waals surface area contributed by atoms with Crippen molar-refractivity contribution in [2.24, 2.45) is 0 Å². The topological polar surface area (TPSA) is 94.2 Å². The van der Waals surface area contributed by atoms with Gasteiger partial charge in [-0.1, -0.05) is 54.1 Å². The molecule has 1 aliphatic heterocycles. The Morgan fingerprint density at radius 1 is 0.848 bits per heavy atom. The van der Waals surface area contributed by atoms with Gasteiger partial charge in [0.25, 0.3) is 11.8 Å². The van der Waals surface area contributed by atoms with Gasteiger partial charge in [-0.05, 0) is 79.2 Å². The van der Waals surface area contributed by atoms with Crippen molar-refractivity contribution in [1.29, 1.82) is 0 Å². The number of likely N-dealkylation sites (N-methyl/N-ethyl adjacent to an activating group) is 1. The van der Waals surface area contributed by atoms with Crippen LogP contribution in [0.25, 0.3) is 11.1 Å². The van der Waals surface area contributed by atoms with E-state index in [1.54, 1.807) is 54.4 Å². The second kappa shape index (κ2) is 15.4. The Bertz CT molecular complexity index is 1650. The van der Waals surface area contributed by atoms with Gasteiger partial charge in [-0.3, -0.25) is 9.59 Å². The molecule has 0 aromatic heterocycles. The molecule has 1 fully saturated rings. The lowest BCUT2D eigenvalue weighted by molar-refractivity contribution is 0.0990. The third-order valence-electron chi connectivity index (χ3n) is 7.89. The third-order valence-corrected chi connectivity index (χ3v) is 8.15. The smallest absolute Gasteiger partial charge is 0.317 e. The lowest BCUT2D eigenvalue weighted by Crippen LogP contribution is -2.50. The fraction of sp³-hybridized carbons (Fsp3) is 0.250. The minimum Gasteiger partial charge on any atom is -0.491 e. The summed E-state index contributed by atoms with van der Waals surface area (Å²) in [6, 6.07) is 28.8. The lowest BCUT2D eigenvalue weighted by Gasteiger charge is -2.32. The summed E-state index contributed by atoms with van der Waals surface area (Å²) < 4.78 is 6.02. The quantitative estimate of drug-likeness (QED) is 0.200. The highest BCUT2D eigenvalue weighted by atomic mass is 35.5. The molecular weight excluding hydrogens is 602 g/mol. The first-order valence-corrected chi connectivity index (χ1v) is 15.7. The predicted molar refractivity (Wildman–Crippen MR) is 183 cm³/mol. The number of nitrogens with one attached hydrogen (secondary N) is 2. The Morgan fingerprint density at radius 3 is 2.26 bits per heavy atom. The number of urea groups is 1. The van der Waals surface area contributed by atoms with Crippen molar-refractivity contribution in [3.8, 4) is 16.9 Å². The number of benzene rings is 4. The van der Waals surface area contributed by atoms with Crippen molar-refractivity contribution in [1.82, 2.24) is 15.1 Å². The molecule has 2 N–H and O–H groups in total. The maximum absolute atomic E-state index is 13.4. The van der Waals surface area contributed by atoms with Gasteiger partial charge in [-0.2, -0.15) is 0 Å². The average Bonchev–Trinajstić information content (AvgIpc) is 3.08. The first-order chi connectivity index (χ1) is 22.3. The Kier molecular flexibility index (Phi) is 10.9. The number of hydrogen-bond acceptors (Lipinski definition) is 5. The standard InChI is InChI=1S/C36H38ClN5O4/c1-40-21-23-42(24-22-40)36(45)38-20-7-25-46-33-11-6-5-10-32(33)41(2)35(44)27-14-18-29(19-15-27)39-34(43)31-9-4-3-8-30(31)26-12-16-28(37)17-13-26/h3-6,8-19H,7,20-25H2,1-2H3,(H,38,45)(H,39,43). The average molecular weight is 640 g/mol. The van der Waals surface area contributed by atoms with Crippen LogP contribution in [0.4, 0.5) is 16.2 Å². The molecule has 0 aliphatic carbocycles. The molecule has 0 atom stereocenters. The van der Waals surface area contributed by atoms with Gasteiger partial charge in [0.1, 0.15) is 5.75 Å². The van der Waals surface area contributed by atoms with E-state index in [4.69, 9.17) is 16.3 Å². The number of piperazine rings is 1. The van der Waals surface area contributed by atoms with Crippen molar-refractivity contribution in [2.75, 3.05) is 63.6 Å². The van der Waals surface area contributed by atoms with Gasteiger partial charge in [0.15, 0.2) is 0 Å². The molecule has 0 bridgehead atoms. The van der Waals surface area contributed by atoms with E-state index in [9.17, 15) is 14.4 Å². The molecule has 0 unspecified atom stereocenters. The molecule has 10 heteroatoms. The SMILES string of the molecule is CN1CCN(C(=O)NCCCOc2ccccc2N(C)C(=O)c2ccc(NC(=O)c3ccccc3-c3ccc(Cl)cc3)cc2)CC1. The molecule has 1 aliphatic rings. The summed E-state index contributed by atoms with van der Waals surface area (Å²) in [5.74, 6) is 0.0974. The summed E-state index contributed by atoms with van der Waals surface area (Å²) in [6.07, 6.45) is 0.628. The normalized spacial score (nSPS) is 13.2. The zero-order valence-corrected chi connectivity index (χ0v) is 26.8. The Hall–Kier alpha value is -4.86. The van der Waals surface area contributed by atoms with E-state index in [1.165, 1.54) is 0 Å². The van der Waals surface area contributed by atoms with Crippen LogP contribution in [-0.2, 0) is 0 Å². The highest BCUT2D eigenvalue weighted by Gasteiger charge is 2.20. The number of anilines is 2. The van der Waals surface area contributed by atoms with Gasteiger partial charge < -0.3 is 30.1 Å². The second-order valence-electron chi connectivity index (χ2n) is 11.1. The van der Waals surface area contributed by atoms with Crippen molar-refractivity contribution in [3.63, 3.8) is 0 Å². The molecule has 238 valence electrons. The Labute approximate surface area is 274 Å². The van der Waals surface area contributed by atoms with E-state index < -0.39 is 0 Å². The lowest BCUT2D eigenvalue weighted by atomic mass is 9.99. The number of carbonyl (C=O) groups is 3. The van der Waals surface area contributed by atoms with Crippen LogP contribution < -0.4 is 20.3 Å². The van der Waals surface area contributed by atoms with E-state index in [0.717, 1.165) is 37.3 Å². The molecule has 0 spiro atoms. The molecule has 1 heterocycles. The van der Waals surface area contributed by atoms with Crippen molar-refractivity contribution in [3.05, 3.63) is 113 Å². The van der Waals surface area contributed by atoms with E-state index >= 15 is 0 Å². The number of hydrogen-bond donors (Lipinski definition) is 2. The van der Waals surface area contributed by atoms with Gasteiger partial charge >= 0.3 is 6.03 Å². The number of ether oxygens (including phenoxy) is 1. The monoisotopic (exact) mass is 639 g/mol. The molecule has 0 saturated carbocycles. The summed E-state index contributed by atoms with van der Waals surface area (Å²) in [6.45, 7) is 4.09. The molecule has 0 radical (unpaired) electrons. The number of halogens is 1. The van der Waals surface area contributed by atoms with Crippen LogP contribution in [-0.4, -0.2) is 81.1 Å². The summed E-state index contributed by atoms with van der Waals surface area (Å²) in [5, 5.41) is 6.52. The zero-order valence-electron chi connectivity index (χ0n) is 26.0. The van der Waals surface area contributed by atoms with Crippen LogP contribution in [0.5, 0.6) is 5.75 Å². The molecule has 4 amide bonds. The molecule has 4 aromatic rings. The first kappa shape index (κ1) is 32.5. The van der Waals surface area contributed by atoms with Gasteiger partial charge in [-0.25, -0.2) is 4.79 Å². The summed E-state index contributed by atoms with van der Waals surface area (Å²) >= 11 is 6.04. The van der Waals surface area contributed by atoms with Gasteiger partial charge in [0.2, 0.25) is 0 Å². The van der Waals surface area contributed by atoms with Crippen molar-refractivity contribution >= 4 is 40.8 Å². The maximum atomic E-state index is 13.4. The van der Waals surface area contributed by atoms with Crippen molar-refractivity contribution < 1.29 is 19.1 Å². The number of nitrogens with zero attached hydrogens (tertiary/aromatic N) is 3. The molecule has 4 aromatic carbocycles. The van der Waals surface area contributed by atoms with Crippen LogP contribution in [0, 0.1) is 0 Å². The second-order valence-corrected chi connectivity index (χ2v) is 11.6. The Balaban J connectivity index is 1.15. The number of amides is 4. The molecule has 46 heavy (non-hydrogen) atoms. The molecular formula is C36H38ClN5O4. The highest BCUT2D eigenvalue weighted by molar-refractivity contribution is 6.30. The minimum absolute atomic E-state index is 0.0489. The highest BCUT2D eigenvalue weighted by Crippen LogP contribution is 2.29. The summed E-state index contributed by atoms with van der Waals surface area (Å²) in [5.41, 5.74) is 3.86. The van der Waals surface area contributed by atoms with E-state index in [-0.39, 0.29) is 17.8 Å². The predicted octanol–water partition coefficient (Wildman–Crippen LogP) is 6.26.